The predicted molar refractivity (Wildman–Crippen MR) is 88.7 cm³/mol. The first-order valence-electron chi connectivity index (χ1n) is 8.13. The van der Waals surface area contributed by atoms with Gasteiger partial charge in [0.15, 0.2) is 0 Å². The molecule has 112 valence electrons. The van der Waals surface area contributed by atoms with Gasteiger partial charge in [-0.15, -0.1) is 0 Å². The van der Waals surface area contributed by atoms with Gasteiger partial charge in [0.2, 0.25) is 0 Å². The van der Waals surface area contributed by atoms with Crippen molar-refractivity contribution in [2.24, 2.45) is 0 Å². The van der Waals surface area contributed by atoms with Crippen LogP contribution in [0, 0.1) is 6.92 Å². The van der Waals surface area contributed by atoms with Crippen molar-refractivity contribution in [3.63, 3.8) is 0 Å². The smallest absolute Gasteiger partial charge is 0.0594 e. The topological polar surface area (TPSA) is 21.3 Å². The van der Waals surface area contributed by atoms with E-state index in [0.29, 0.717) is 12.1 Å². The molecular formula is C19H25NO. The highest BCUT2D eigenvalue weighted by molar-refractivity contribution is 5.87. The molecule has 1 heterocycles. The number of hydrogen-bond donors (Lipinski definition) is 1. The van der Waals surface area contributed by atoms with Crippen molar-refractivity contribution in [2.75, 3.05) is 13.2 Å². The number of nitrogens with one attached hydrogen (secondary N) is 1. The number of benzene rings is 2. The Morgan fingerprint density at radius 2 is 2.10 bits per heavy atom. The number of ether oxygens (including phenoxy) is 1. The van der Waals surface area contributed by atoms with Gasteiger partial charge in [0, 0.05) is 12.6 Å². The molecule has 0 bridgehead atoms. The third-order valence-electron chi connectivity index (χ3n) is 4.51. The van der Waals surface area contributed by atoms with Gasteiger partial charge in [0.05, 0.1) is 6.10 Å². The van der Waals surface area contributed by atoms with E-state index in [1.165, 1.54) is 34.7 Å². The Morgan fingerprint density at radius 1 is 1.24 bits per heavy atom. The first-order valence-corrected chi connectivity index (χ1v) is 8.13. The molecule has 2 unspecified atom stereocenters. The van der Waals surface area contributed by atoms with E-state index >= 15 is 0 Å². The maximum Gasteiger partial charge on any atom is 0.0594 e. The van der Waals surface area contributed by atoms with E-state index in [-0.39, 0.29) is 0 Å². The first-order chi connectivity index (χ1) is 10.3. The van der Waals surface area contributed by atoms with Crippen LogP contribution in [0.5, 0.6) is 0 Å². The van der Waals surface area contributed by atoms with Crippen molar-refractivity contribution in [1.29, 1.82) is 0 Å². The Hall–Kier alpha value is -1.38. The van der Waals surface area contributed by atoms with E-state index in [9.17, 15) is 0 Å². The lowest BCUT2D eigenvalue weighted by atomic mass is 9.90. The van der Waals surface area contributed by atoms with Gasteiger partial charge < -0.3 is 10.1 Å². The normalized spacial score (nSPS) is 20.0. The van der Waals surface area contributed by atoms with Crippen LogP contribution in [0.15, 0.2) is 36.4 Å². The maximum absolute atomic E-state index is 5.86. The molecule has 0 saturated carbocycles. The Labute approximate surface area is 127 Å². The summed E-state index contributed by atoms with van der Waals surface area (Å²) in [6.45, 7) is 6.32. The van der Waals surface area contributed by atoms with Gasteiger partial charge >= 0.3 is 0 Å². The summed E-state index contributed by atoms with van der Waals surface area (Å²) in [5, 5.41) is 6.38. The minimum absolute atomic E-state index is 0.379. The van der Waals surface area contributed by atoms with E-state index in [2.05, 4.69) is 55.6 Å². The van der Waals surface area contributed by atoms with Crippen molar-refractivity contribution < 1.29 is 4.74 Å². The quantitative estimate of drug-likeness (QED) is 0.880. The molecule has 1 N–H and O–H groups in total. The Kier molecular flexibility index (Phi) is 4.57. The van der Waals surface area contributed by atoms with E-state index < -0.39 is 0 Å². The highest BCUT2D eigenvalue weighted by Gasteiger charge is 2.23. The Balaban J connectivity index is 1.99. The summed E-state index contributed by atoms with van der Waals surface area (Å²) < 4.78 is 5.86. The molecule has 1 saturated heterocycles. The second-order valence-corrected chi connectivity index (χ2v) is 6.00. The summed E-state index contributed by atoms with van der Waals surface area (Å²) in [5.74, 6) is 0. The maximum atomic E-state index is 5.86. The molecule has 1 aliphatic rings. The monoisotopic (exact) mass is 283 g/mol. The largest absolute Gasteiger partial charge is 0.378 e. The molecule has 2 aromatic rings. The average molecular weight is 283 g/mol. The number of hydrogen-bond acceptors (Lipinski definition) is 2. The zero-order valence-electron chi connectivity index (χ0n) is 13.1. The lowest BCUT2D eigenvalue weighted by molar-refractivity contribution is 0.0948. The molecule has 0 spiro atoms. The molecule has 2 aromatic carbocycles. The summed E-state index contributed by atoms with van der Waals surface area (Å²) in [6, 6.07) is 13.6. The van der Waals surface area contributed by atoms with Crippen LogP contribution in [-0.4, -0.2) is 19.3 Å². The van der Waals surface area contributed by atoms with Crippen LogP contribution >= 0.6 is 0 Å². The van der Waals surface area contributed by atoms with Crippen LogP contribution < -0.4 is 5.32 Å². The Bertz CT molecular complexity index is 602. The molecule has 2 heteroatoms. The van der Waals surface area contributed by atoms with Crippen LogP contribution in [0.2, 0.25) is 0 Å². The fourth-order valence-electron chi connectivity index (χ4n) is 3.51. The van der Waals surface area contributed by atoms with Gasteiger partial charge in [-0.05, 0) is 54.6 Å². The SMILES string of the molecule is CCNC(CC1CCCO1)c1c(C)ccc2ccccc12. The van der Waals surface area contributed by atoms with Crippen molar-refractivity contribution in [3.8, 4) is 0 Å². The lowest BCUT2D eigenvalue weighted by Gasteiger charge is -2.25. The van der Waals surface area contributed by atoms with Gasteiger partial charge in [-0.3, -0.25) is 0 Å². The minimum atomic E-state index is 0.379. The summed E-state index contributed by atoms with van der Waals surface area (Å²) in [6.07, 6.45) is 3.89. The second kappa shape index (κ2) is 6.59. The van der Waals surface area contributed by atoms with Crippen molar-refractivity contribution in [1.82, 2.24) is 5.32 Å². The highest BCUT2D eigenvalue weighted by Crippen LogP contribution is 2.32. The fourth-order valence-corrected chi connectivity index (χ4v) is 3.51. The van der Waals surface area contributed by atoms with Crippen molar-refractivity contribution in [2.45, 2.75) is 45.3 Å². The molecule has 0 aliphatic carbocycles. The molecule has 0 amide bonds. The zero-order valence-corrected chi connectivity index (χ0v) is 13.1. The summed E-state index contributed by atoms with van der Waals surface area (Å²) in [7, 11) is 0. The molecule has 2 atom stereocenters. The zero-order chi connectivity index (χ0) is 14.7. The third kappa shape index (κ3) is 3.12. The van der Waals surface area contributed by atoms with Crippen LogP contribution in [-0.2, 0) is 4.74 Å². The van der Waals surface area contributed by atoms with Crippen molar-refractivity contribution in [3.05, 3.63) is 47.5 Å². The van der Waals surface area contributed by atoms with Gasteiger partial charge in [-0.25, -0.2) is 0 Å². The van der Waals surface area contributed by atoms with Crippen LogP contribution in [0.3, 0.4) is 0 Å². The first kappa shape index (κ1) is 14.6. The molecule has 1 fully saturated rings. The van der Waals surface area contributed by atoms with E-state index in [1.54, 1.807) is 0 Å². The van der Waals surface area contributed by atoms with Crippen LogP contribution in [0.4, 0.5) is 0 Å². The number of rotatable bonds is 5. The fraction of sp³-hybridized carbons (Fsp3) is 0.474. The molecule has 21 heavy (non-hydrogen) atoms. The summed E-state index contributed by atoms with van der Waals surface area (Å²) in [5.41, 5.74) is 2.82. The van der Waals surface area contributed by atoms with Gasteiger partial charge in [0.25, 0.3) is 0 Å². The molecule has 2 nitrogen and oxygen atoms in total. The number of aryl methyl sites for hydroxylation is 1. The molecule has 0 radical (unpaired) electrons. The summed E-state index contributed by atoms with van der Waals surface area (Å²) >= 11 is 0. The lowest BCUT2D eigenvalue weighted by Crippen LogP contribution is -2.26. The van der Waals surface area contributed by atoms with E-state index in [1.807, 2.05) is 0 Å². The minimum Gasteiger partial charge on any atom is -0.378 e. The molecular weight excluding hydrogens is 258 g/mol. The standard InChI is InChI=1S/C19H25NO/c1-3-20-18(13-16-8-6-12-21-16)19-14(2)10-11-15-7-4-5-9-17(15)19/h4-5,7,9-11,16,18,20H,3,6,8,12-13H2,1-2H3. The van der Waals surface area contributed by atoms with Gasteiger partial charge in [0.1, 0.15) is 0 Å². The van der Waals surface area contributed by atoms with Crippen LogP contribution in [0.25, 0.3) is 10.8 Å². The van der Waals surface area contributed by atoms with E-state index in [4.69, 9.17) is 4.74 Å². The Morgan fingerprint density at radius 3 is 2.86 bits per heavy atom. The van der Waals surface area contributed by atoms with Gasteiger partial charge in [-0.1, -0.05) is 43.3 Å². The predicted octanol–water partition coefficient (Wildman–Crippen LogP) is 4.37. The average Bonchev–Trinajstić information content (AvgIpc) is 3.00. The highest BCUT2D eigenvalue weighted by atomic mass is 16.5. The molecule has 0 aromatic heterocycles. The van der Waals surface area contributed by atoms with E-state index in [0.717, 1.165) is 19.6 Å². The summed E-state index contributed by atoms with van der Waals surface area (Å²) in [4.78, 5) is 0. The second-order valence-electron chi connectivity index (χ2n) is 6.00. The molecule has 1 aliphatic heterocycles. The van der Waals surface area contributed by atoms with Crippen LogP contribution in [0.1, 0.15) is 43.4 Å². The van der Waals surface area contributed by atoms with Crippen molar-refractivity contribution >= 4 is 10.8 Å². The van der Waals surface area contributed by atoms with Gasteiger partial charge in [-0.2, -0.15) is 0 Å². The number of fused-ring (bicyclic) bond motifs is 1. The third-order valence-corrected chi connectivity index (χ3v) is 4.51. The molecule has 3 rings (SSSR count).